The Labute approximate surface area is 181 Å². The van der Waals surface area contributed by atoms with Crippen molar-refractivity contribution in [3.63, 3.8) is 0 Å². The monoisotopic (exact) mass is 409 g/mol. The molecule has 0 aliphatic carbocycles. The van der Waals surface area contributed by atoms with Gasteiger partial charge >= 0.3 is 5.97 Å². The molecule has 0 aliphatic heterocycles. The first-order chi connectivity index (χ1) is 15.2. The Morgan fingerprint density at radius 2 is 1.42 bits per heavy atom. The van der Waals surface area contributed by atoms with E-state index in [0.29, 0.717) is 24.4 Å². The Hall–Kier alpha value is -3.99. The minimum Gasteiger partial charge on any atom is -0.480 e. The molecule has 0 fully saturated rings. The van der Waals surface area contributed by atoms with Crippen molar-refractivity contribution in [1.29, 1.82) is 0 Å². The highest BCUT2D eigenvalue weighted by molar-refractivity contribution is 5.77. The number of rotatable bonds is 8. The van der Waals surface area contributed by atoms with Gasteiger partial charge in [-0.2, -0.15) is 0 Å². The van der Waals surface area contributed by atoms with Crippen molar-refractivity contribution in [3.8, 4) is 11.3 Å². The van der Waals surface area contributed by atoms with Gasteiger partial charge in [-0.25, -0.2) is 14.8 Å². The minimum atomic E-state index is -0.927. The van der Waals surface area contributed by atoms with Crippen molar-refractivity contribution in [2.75, 3.05) is 5.32 Å². The van der Waals surface area contributed by atoms with E-state index >= 15 is 0 Å². The number of aromatic nitrogens is 2. The van der Waals surface area contributed by atoms with E-state index in [4.69, 9.17) is 4.98 Å². The number of hydrogen-bond acceptors (Lipinski definition) is 4. The lowest BCUT2D eigenvalue weighted by molar-refractivity contribution is -0.137. The molecular weight excluding hydrogens is 386 g/mol. The van der Waals surface area contributed by atoms with Gasteiger partial charge in [-0.1, -0.05) is 91.0 Å². The van der Waals surface area contributed by atoms with Crippen LogP contribution in [0.1, 0.15) is 16.8 Å². The van der Waals surface area contributed by atoms with Crippen LogP contribution in [-0.4, -0.2) is 27.1 Å². The SMILES string of the molecule is O=C(O)C(Cc1ccccc1)Nc1ncc(-c2ccccc2)nc1Cc1ccccc1. The Morgan fingerprint density at radius 3 is 2.03 bits per heavy atom. The van der Waals surface area contributed by atoms with Crippen LogP contribution in [0, 0.1) is 0 Å². The van der Waals surface area contributed by atoms with E-state index in [1.807, 2.05) is 91.0 Å². The fraction of sp³-hybridized carbons (Fsp3) is 0.115. The molecule has 1 atom stereocenters. The molecule has 0 spiro atoms. The number of hydrogen-bond donors (Lipinski definition) is 2. The fourth-order valence-electron chi connectivity index (χ4n) is 3.42. The second kappa shape index (κ2) is 9.67. The van der Waals surface area contributed by atoms with Crippen molar-refractivity contribution in [2.24, 2.45) is 0 Å². The number of benzene rings is 3. The van der Waals surface area contributed by atoms with Crippen LogP contribution in [0.25, 0.3) is 11.3 Å². The molecule has 3 aromatic carbocycles. The van der Waals surface area contributed by atoms with Crippen molar-refractivity contribution in [1.82, 2.24) is 9.97 Å². The molecular formula is C26H23N3O2. The molecule has 2 N–H and O–H groups in total. The average molecular weight is 409 g/mol. The van der Waals surface area contributed by atoms with Crippen LogP contribution in [0.4, 0.5) is 5.82 Å². The zero-order chi connectivity index (χ0) is 21.5. The summed E-state index contributed by atoms with van der Waals surface area (Å²) in [4.78, 5) is 21.4. The molecule has 5 nitrogen and oxygen atoms in total. The van der Waals surface area contributed by atoms with Gasteiger partial charge in [-0.3, -0.25) is 0 Å². The van der Waals surface area contributed by atoms with E-state index in [0.717, 1.165) is 22.4 Å². The molecule has 5 heteroatoms. The smallest absolute Gasteiger partial charge is 0.326 e. The van der Waals surface area contributed by atoms with Gasteiger partial charge in [0.25, 0.3) is 0 Å². The van der Waals surface area contributed by atoms with Gasteiger partial charge < -0.3 is 10.4 Å². The van der Waals surface area contributed by atoms with Crippen LogP contribution in [0.3, 0.4) is 0 Å². The van der Waals surface area contributed by atoms with Crippen molar-refractivity contribution in [3.05, 3.63) is 114 Å². The molecule has 0 radical (unpaired) electrons. The Bertz CT molecular complexity index is 1130. The van der Waals surface area contributed by atoms with E-state index < -0.39 is 12.0 Å². The first kappa shape index (κ1) is 20.3. The maximum absolute atomic E-state index is 12.0. The summed E-state index contributed by atoms with van der Waals surface area (Å²) in [5.41, 5.74) is 4.47. The number of nitrogens with zero attached hydrogens (tertiary/aromatic N) is 2. The summed E-state index contributed by atoms with van der Waals surface area (Å²) in [6.07, 6.45) is 2.59. The summed E-state index contributed by atoms with van der Waals surface area (Å²) in [5.74, 6) is -0.435. The predicted molar refractivity (Wildman–Crippen MR) is 122 cm³/mol. The minimum absolute atomic E-state index is 0.350. The number of carboxylic acid groups (broad SMARTS) is 1. The number of anilines is 1. The highest BCUT2D eigenvalue weighted by Crippen LogP contribution is 2.22. The van der Waals surface area contributed by atoms with E-state index in [9.17, 15) is 9.90 Å². The first-order valence-electron chi connectivity index (χ1n) is 10.2. The summed E-state index contributed by atoms with van der Waals surface area (Å²) < 4.78 is 0. The summed E-state index contributed by atoms with van der Waals surface area (Å²) in [7, 11) is 0. The molecule has 1 unspecified atom stereocenters. The molecule has 0 aliphatic rings. The third-order valence-corrected chi connectivity index (χ3v) is 5.02. The maximum atomic E-state index is 12.0. The normalized spacial score (nSPS) is 11.6. The van der Waals surface area contributed by atoms with Gasteiger partial charge in [-0.15, -0.1) is 0 Å². The molecule has 0 amide bonds. The quantitative estimate of drug-likeness (QED) is 0.435. The van der Waals surface area contributed by atoms with Crippen molar-refractivity contribution < 1.29 is 9.90 Å². The van der Waals surface area contributed by atoms with Gasteiger partial charge in [0.1, 0.15) is 11.9 Å². The summed E-state index contributed by atoms with van der Waals surface area (Å²) >= 11 is 0. The third-order valence-electron chi connectivity index (χ3n) is 5.02. The molecule has 1 heterocycles. The molecule has 4 rings (SSSR count). The van der Waals surface area contributed by atoms with E-state index in [-0.39, 0.29) is 0 Å². The van der Waals surface area contributed by atoms with Crippen LogP contribution in [-0.2, 0) is 17.6 Å². The van der Waals surface area contributed by atoms with Crippen LogP contribution < -0.4 is 5.32 Å². The summed E-state index contributed by atoms with van der Waals surface area (Å²) in [5, 5.41) is 12.9. The highest BCUT2D eigenvalue weighted by atomic mass is 16.4. The van der Waals surface area contributed by atoms with Gasteiger partial charge in [0.05, 0.1) is 17.6 Å². The third kappa shape index (κ3) is 5.34. The fourth-order valence-corrected chi connectivity index (χ4v) is 3.42. The first-order valence-corrected chi connectivity index (χ1v) is 10.2. The van der Waals surface area contributed by atoms with Crippen LogP contribution >= 0.6 is 0 Å². The highest BCUT2D eigenvalue weighted by Gasteiger charge is 2.21. The van der Waals surface area contributed by atoms with E-state index in [1.54, 1.807) is 6.20 Å². The van der Waals surface area contributed by atoms with Gasteiger partial charge in [0.2, 0.25) is 0 Å². The average Bonchev–Trinajstić information content (AvgIpc) is 2.81. The molecule has 1 aromatic heterocycles. The Morgan fingerprint density at radius 1 is 0.839 bits per heavy atom. The van der Waals surface area contributed by atoms with Gasteiger partial charge in [0, 0.05) is 18.4 Å². The molecule has 0 saturated heterocycles. The second-order valence-electron chi connectivity index (χ2n) is 7.30. The number of aliphatic carboxylic acids is 1. The predicted octanol–water partition coefficient (Wildman–Crippen LogP) is 4.84. The van der Waals surface area contributed by atoms with Crippen molar-refractivity contribution in [2.45, 2.75) is 18.9 Å². The van der Waals surface area contributed by atoms with Crippen LogP contribution in [0.5, 0.6) is 0 Å². The standard InChI is InChI=1S/C26H23N3O2/c30-26(31)23(17-20-12-6-2-7-13-20)29-25-22(16-19-10-4-1-5-11-19)28-24(18-27-25)21-14-8-3-9-15-21/h1-15,18,23H,16-17H2,(H,27,29)(H,30,31). The molecule has 0 bridgehead atoms. The lowest BCUT2D eigenvalue weighted by atomic mass is 10.1. The second-order valence-corrected chi connectivity index (χ2v) is 7.30. The van der Waals surface area contributed by atoms with E-state index in [2.05, 4.69) is 10.3 Å². The number of carboxylic acids is 1. The summed E-state index contributed by atoms with van der Waals surface area (Å²) in [6, 6.07) is 28.6. The van der Waals surface area contributed by atoms with Crippen LogP contribution in [0.2, 0.25) is 0 Å². The molecule has 4 aromatic rings. The molecule has 31 heavy (non-hydrogen) atoms. The van der Waals surface area contributed by atoms with Gasteiger partial charge in [-0.05, 0) is 11.1 Å². The van der Waals surface area contributed by atoms with Crippen molar-refractivity contribution >= 4 is 11.8 Å². The zero-order valence-corrected chi connectivity index (χ0v) is 17.0. The topological polar surface area (TPSA) is 75.1 Å². The lowest BCUT2D eigenvalue weighted by Crippen LogP contribution is -2.32. The Kier molecular flexibility index (Phi) is 6.33. The van der Waals surface area contributed by atoms with Crippen LogP contribution in [0.15, 0.2) is 97.2 Å². The Balaban J connectivity index is 1.66. The van der Waals surface area contributed by atoms with Gasteiger partial charge in [0.15, 0.2) is 0 Å². The largest absolute Gasteiger partial charge is 0.480 e. The maximum Gasteiger partial charge on any atom is 0.326 e. The number of nitrogens with one attached hydrogen (secondary N) is 1. The zero-order valence-electron chi connectivity index (χ0n) is 17.0. The number of carbonyl (C=O) groups is 1. The lowest BCUT2D eigenvalue weighted by Gasteiger charge is -2.18. The molecule has 154 valence electrons. The van der Waals surface area contributed by atoms with E-state index in [1.165, 1.54) is 0 Å². The summed E-state index contributed by atoms with van der Waals surface area (Å²) in [6.45, 7) is 0. The molecule has 0 saturated carbocycles.